The monoisotopic (exact) mass is 363 g/mol. The highest BCUT2D eigenvalue weighted by Crippen LogP contribution is 2.35. The summed E-state index contributed by atoms with van der Waals surface area (Å²) >= 11 is 7.64. The molecule has 0 spiro atoms. The summed E-state index contributed by atoms with van der Waals surface area (Å²) in [6.45, 7) is 2.02. The highest BCUT2D eigenvalue weighted by atomic mass is 35.5. The zero-order valence-electron chi connectivity index (χ0n) is 14.0. The SMILES string of the molecule is CN1C(=O)CC(C)(CCC2C=C(c3ccc(Cl)s3)C=CC2)N=C1N. The molecule has 0 saturated carbocycles. The van der Waals surface area contributed by atoms with E-state index in [-0.39, 0.29) is 5.91 Å². The van der Waals surface area contributed by atoms with Crippen LogP contribution in [0.25, 0.3) is 5.57 Å². The summed E-state index contributed by atoms with van der Waals surface area (Å²) in [4.78, 5) is 19.2. The number of nitrogens with two attached hydrogens (primary N) is 1. The van der Waals surface area contributed by atoms with Crippen molar-refractivity contribution in [1.82, 2.24) is 4.90 Å². The number of carbonyl (C=O) groups is 1. The molecule has 2 unspecified atom stereocenters. The van der Waals surface area contributed by atoms with Gasteiger partial charge in [-0.2, -0.15) is 0 Å². The first-order valence-electron chi connectivity index (χ1n) is 8.12. The molecule has 1 aliphatic heterocycles. The Balaban J connectivity index is 1.68. The second-order valence-electron chi connectivity index (χ2n) is 6.76. The molecular weight excluding hydrogens is 342 g/mol. The van der Waals surface area contributed by atoms with Gasteiger partial charge in [-0.25, -0.2) is 4.99 Å². The zero-order chi connectivity index (χ0) is 17.3. The van der Waals surface area contributed by atoms with Crippen molar-refractivity contribution in [2.45, 2.75) is 38.1 Å². The van der Waals surface area contributed by atoms with Crippen LogP contribution in [0.5, 0.6) is 0 Å². The summed E-state index contributed by atoms with van der Waals surface area (Å²) in [5.74, 6) is 0.814. The maximum Gasteiger partial charge on any atom is 0.231 e. The number of hydrogen-bond acceptors (Lipinski definition) is 4. The van der Waals surface area contributed by atoms with Gasteiger partial charge in [-0.3, -0.25) is 9.69 Å². The number of amides is 1. The van der Waals surface area contributed by atoms with E-state index in [4.69, 9.17) is 17.3 Å². The minimum atomic E-state index is -0.394. The van der Waals surface area contributed by atoms with Gasteiger partial charge in [-0.15, -0.1) is 11.3 Å². The molecular formula is C18H22ClN3OS. The van der Waals surface area contributed by atoms with Crippen LogP contribution in [0.1, 0.15) is 37.5 Å². The van der Waals surface area contributed by atoms with E-state index in [1.807, 2.05) is 13.0 Å². The van der Waals surface area contributed by atoms with Crippen molar-refractivity contribution >= 4 is 40.4 Å². The molecule has 0 aromatic carbocycles. The van der Waals surface area contributed by atoms with Crippen LogP contribution in [0.4, 0.5) is 0 Å². The fourth-order valence-corrected chi connectivity index (χ4v) is 4.23. The van der Waals surface area contributed by atoms with Crippen molar-refractivity contribution < 1.29 is 4.79 Å². The van der Waals surface area contributed by atoms with Crippen LogP contribution in [-0.2, 0) is 4.79 Å². The Bertz CT molecular complexity index is 736. The Kier molecular flexibility index (Phi) is 4.83. The maximum atomic E-state index is 12.0. The Morgan fingerprint density at radius 2 is 2.29 bits per heavy atom. The van der Waals surface area contributed by atoms with E-state index in [1.54, 1.807) is 18.4 Å². The van der Waals surface area contributed by atoms with E-state index in [0.717, 1.165) is 23.6 Å². The van der Waals surface area contributed by atoms with Crippen molar-refractivity contribution in [3.05, 3.63) is 39.6 Å². The Labute approximate surface area is 151 Å². The van der Waals surface area contributed by atoms with Crippen molar-refractivity contribution in [2.75, 3.05) is 7.05 Å². The fraction of sp³-hybridized carbons (Fsp3) is 0.444. The predicted octanol–water partition coefficient (Wildman–Crippen LogP) is 4.08. The van der Waals surface area contributed by atoms with Gasteiger partial charge in [0, 0.05) is 11.9 Å². The van der Waals surface area contributed by atoms with E-state index >= 15 is 0 Å². The third-order valence-corrected chi connectivity index (χ3v) is 5.98. The number of rotatable bonds is 4. The van der Waals surface area contributed by atoms with Gasteiger partial charge in [-0.05, 0) is 49.8 Å². The number of halogens is 1. The van der Waals surface area contributed by atoms with Gasteiger partial charge in [-0.1, -0.05) is 29.8 Å². The highest BCUT2D eigenvalue weighted by molar-refractivity contribution is 7.17. The zero-order valence-corrected chi connectivity index (χ0v) is 15.5. The highest BCUT2D eigenvalue weighted by Gasteiger charge is 2.34. The second-order valence-corrected chi connectivity index (χ2v) is 8.47. The molecule has 1 aromatic rings. The van der Waals surface area contributed by atoms with Crippen LogP contribution in [0.3, 0.4) is 0 Å². The summed E-state index contributed by atoms with van der Waals surface area (Å²) in [6, 6.07) is 4.00. The minimum Gasteiger partial charge on any atom is -0.369 e. The van der Waals surface area contributed by atoms with Crippen LogP contribution in [0.2, 0.25) is 4.34 Å². The van der Waals surface area contributed by atoms with Crippen LogP contribution < -0.4 is 5.73 Å². The summed E-state index contributed by atoms with van der Waals surface area (Å²) in [6.07, 6.45) is 9.96. The standard InChI is InChI=1S/C18H22ClN3OS/c1-18(11-16(23)22(2)17(20)21-18)9-8-12-4-3-5-13(10-12)14-6-7-15(19)24-14/h3,5-7,10,12H,4,8-9,11H2,1-2H3,(H2,20,21). The summed E-state index contributed by atoms with van der Waals surface area (Å²) in [5.41, 5.74) is 6.71. The molecule has 1 amide bonds. The van der Waals surface area contributed by atoms with Gasteiger partial charge < -0.3 is 5.73 Å². The molecule has 24 heavy (non-hydrogen) atoms. The van der Waals surface area contributed by atoms with Gasteiger partial charge in [0.15, 0.2) is 5.96 Å². The lowest BCUT2D eigenvalue weighted by Crippen LogP contribution is -2.48. The molecule has 0 fully saturated rings. The number of aliphatic imine (C=N–C) groups is 1. The molecule has 4 nitrogen and oxygen atoms in total. The molecule has 0 bridgehead atoms. The largest absolute Gasteiger partial charge is 0.369 e. The Morgan fingerprint density at radius 3 is 2.96 bits per heavy atom. The van der Waals surface area contributed by atoms with Gasteiger partial charge in [0.05, 0.1) is 16.3 Å². The lowest BCUT2D eigenvalue weighted by Gasteiger charge is -2.34. The molecule has 0 saturated heterocycles. The number of allylic oxidation sites excluding steroid dienone is 4. The summed E-state index contributed by atoms with van der Waals surface area (Å²) in [7, 11) is 1.67. The topological polar surface area (TPSA) is 58.7 Å². The van der Waals surface area contributed by atoms with E-state index in [0.29, 0.717) is 18.3 Å². The number of nitrogens with zero attached hydrogens (tertiary/aromatic N) is 2. The molecule has 2 N–H and O–H groups in total. The number of carbonyl (C=O) groups excluding carboxylic acids is 1. The van der Waals surface area contributed by atoms with Crippen LogP contribution in [0, 0.1) is 5.92 Å². The normalized spacial score (nSPS) is 27.2. The van der Waals surface area contributed by atoms with E-state index in [9.17, 15) is 4.79 Å². The van der Waals surface area contributed by atoms with Crippen LogP contribution in [-0.4, -0.2) is 29.4 Å². The summed E-state index contributed by atoms with van der Waals surface area (Å²) in [5, 5.41) is 0. The van der Waals surface area contributed by atoms with Crippen molar-refractivity contribution in [1.29, 1.82) is 0 Å². The first-order valence-corrected chi connectivity index (χ1v) is 9.32. The first kappa shape index (κ1) is 17.2. The van der Waals surface area contributed by atoms with Crippen molar-refractivity contribution in [3.63, 3.8) is 0 Å². The molecule has 0 radical (unpaired) electrons. The van der Waals surface area contributed by atoms with Gasteiger partial charge >= 0.3 is 0 Å². The average molecular weight is 364 g/mol. The van der Waals surface area contributed by atoms with Gasteiger partial charge in [0.2, 0.25) is 5.91 Å². The van der Waals surface area contributed by atoms with Crippen LogP contribution >= 0.6 is 22.9 Å². The third-order valence-electron chi connectivity index (χ3n) is 4.70. The smallest absolute Gasteiger partial charge is 0.231 e. The van der Waals surface area contributed by atoms with E-state index in [1.165, 1.54) is 15.4 Å². The molecule has 1 aliphatic carbocycles. The molecule has 3 rings (SSSR count). The van der Waals surface area contributed by atoms with E-state index in [2.05, 4.69) is 29.3 Å². The molecule has 1 aromatic heterocycles. The maximum absolute atomic E-state index is 12.0. The fourth-order valence-electron chi connectivity index (χ4n) is 3.19. The molecule has 2 aliphatic rings. The Hall–Kier alpha value is -1.59. The quantitative estimate of drug-likeness (QED) is 0.876. The molecule has 2 atom stereocenters. The lowest BCUT2D eigenvalue weighted by atomic mass is 9.84. The lowest BCUT2D eigenvalue weighted by molar-refractivity contribution is -0.128. The summed E-state index contributed by atoms with van der Waals surface area (Å²) < 4.78 is 0.809. The number of thiophene rings is 1. The second kappa shape index (κ2) is 6.73. The number of hydrogen-bond donors (Lipinski definition) is 1. The predicted molar refractivity (Wildman–Crippen MR) is 101 cm³/mol. The first-order chi connectivity index (χ1) is 11.4. The third kappa shape index (κ3) is 3.73. The van der Waals surface area contributed by atoms with Crippen LogP contribution in [0.15, 0.2) is 35.4 Å². The van der Waals surface area contributed by atoms with Crippen molar-refractivity contribution in [3.8, 4) is 0 Å². The molecule has 6 heteroatoms. The molecule has 128 valence electrons. The molecule has 2 heterocycles. The Morgan fingerprint density at radius 1 is 1.50 bits per heavy atom. The van der Waals surface area contributed by atoms with Gasteiger partial charge in [0.1, 0.15) is 0 Å². The number of guanidine groups is 1. The van der Waals surface area contributed by atoms with Gasteiger partial charge in [0.25, 0.3) is 0 Å². The van der Waals surface area contributed by atoms with E-state index < -0.39 is 5.54 Å². The average Bonchev–Trinajstić information content (AvgIpc) is 2.98. The van der Waals surface area contributed by atoms with Crippen molar-refractivity contribution in [2.24, 2.45) is 16.6 Å². The minimum absolute atomic E-state index is 0.0398.